The van der Waals surface area contributed by atoms with Gasteiger partial charge in [-0.15, -0.1) is 18.2 Å². The van der Waals surface area contributed by atoms with Crippen LogP contribution in [0.15, 0.2) is 72.9 Å². The minimum atomic E-state index is 0. The molecule has 0 unspecified atom stereocenters. The summed E-state index contributed by atoms with van der Waals surface area (Å²) in [4.78, 5) is 0. The average Bonchev–Trinajstić information content (AvgIpc) is 2.64. The first kappa shape index (κ1) is 20.5. The van der Waals surface area contributed by atoms with E-state index in [1.165, 1.54) is 21.9 Å². The van der Waals surface area contributed by atoms with Gasteiger partial charge in [-0.05, 0) is 23.3 Å². The maximum absolute atomic E-state index is 3.58. The SMILES string of the molecule is Cc1c(-c2[c-]c(-c3[c-]cccc3)cc[n+]2C)ccc2ccccc12.[B].[Y]. The maximum atomic E-state index is 3.58. The second-order valence-corrected chi connectivity index (χ2v) is 6.05. The second kappa shape index (κ2) is 8.75. The van der Waals surface area contributed by atoms with Gasteiger partial charge in [0.25, 0.3) is 0 Å². The normalized spacial score (nSPS) is 10.1. The molecule has 0 fully saturated rings. The van der Waals surface area contributed by atoms with E-state index >= 15 is 0 Å². The Kier molecular flexibility index (Phi) is 6.92. The molecule has 0 saturated carbocycles. The number of benzene rings is 3. The molecule has 4 radical (unpaired) electrons. The van der Waals surface area contributed by atoms with E-state index in [1.807, 2.05) is 18.2 Å². The summed E-state index contributed by atoms with van der Waals surface area (Å²) in [5, 5.41) is 2.56. The van der Waals surface area contributed by atoms with Crippen LogP contribution in [-0.4, -0.2) is 8.41 Å². The van der Waals surface area contributed by atoms with E-state index in [0.29, 0.717) is 0 Å². The monoisotopic (exact) mass is 408 g/mol. The van der Waals surface area contributed by atoms with Gasteiger partial charge in [0.2, 0.25) is 0 Å². The summed E-state index contributed by atoms with van der Waals surface area (Å²) in [6.07, 6.45) is 2.09. The topological polar surface area (TPSA) is 3.88 Å². The molecule has 0 aliphatic rings. The Morgan fingerprint density at radius 2 is 1.62 bits per heavy atom. The molecule has 122 valence electrons. The zero-order valence-corrected chi connectivity index (χ0v) is 17.9. The third-order valence-electron chi connectivity index (χ3n) is 4.52. The van der Waals surface area contributed by atoms with Gasteiger partial charge >= 0.3 is 0 Å². The summed E-state index contributed by atoms with van der Waals surface area (Å²) < 4.78 is 2.13. The Morgan fingerprint density at radius 3 is 2.38 bits per heavy atom. The summed E-state index contributed by atoms with van der Waals surface area (Å²) in [6, 6.07) is 29.9. The average molecular weight is 408 g/mol. The first-order valence-corrected chi connectivity index (χ1v) is 8.12. The van der Waals surface area contributed by atoms with Gasteiger partial charge in [-0.25, -0.2) is 15.7 Å². The van der Waals surface area contributed by atoms with Crippen molar-refractivity contribution in [1.82, 2.24) is 0 Å². The van der Waals surface area contributed by atoms with Crippen molar-refractivity contribution < 1.29 is 37.3 Å². The van der Waals surface area contributed by atoms with E-state index in [-0.39, 0.29) is 41.1 Å². The molecule has 0 saturated heterocycles. The zero-order chi connectivity index (χ0) is 16.5. The van der Waals surface area contributed by atoms with Crippen LogP contribution in [0.4, 0.5) is 0 Å². The van der Waals surface area contributed by atoms with Crippen molar-refractivity contribution in [2.75, 3.05) is 0 Å². The Hall–Kier alpha value is -1.76. The number of rotatable bonds is 2. The van der Waals surface area contributed by atoms with Crippen LogP contribution >= 0.6 is 0 Å². The fourth-order valence-corrected chi connectivity index (χ4v) is 3.18. The molecule has 1 aromatic heterocycles. The smallest absolute Gasteiger partial charge is 0.136 e. The van der Waals surface area contributed by atoms with E-state index < -0.39 is 0 Å². The van der Waals surface area contributed by atoms with Gasteiger partial charge in [0, 0.05) is 41.1 Å². The van der Waals surface area contributed by atoms with Gasteiger partial charge in [0.05, 0.1) is 0 Å². The van der Waals surface area contributed by atoms with Crippen LogP contribution in [0.2, 0.25) is 0 Å². The number of fused-ring (bicyclic) bond motifs is 1. The standard InChI is InChI=1S/C23H18N.B.Y/c1-17-21-11-7-6-10-19(21)12-13-22(17)23-16-20(14-15-24(23)2)18-8-4-3-5-9-18;;/h3-8,10-15H,1-2H3;;/q-1;;. The number of aromatic nitrogens is 1. The van der Waals surface area contributed by atoms with Crippen LogP contribution < -0.4 is 4.57 Å². The van der Waals surface area contributed by atoms with Crippen molar-refractivity contribution in [3.8, 4) is 22.4 Å². The molecule has 1 heterocycles. The summed E-state index contributed by atoms with van der Waals surface area (Å²) in [6.45, 7) is 2.19. The minimum Gasteiger partial charge on any atom is -0.227 e. The fourth-order valence-electron chi connectivity index (χ4n) is 3.18. The minimum absolute atomic E-state index is 0. The van der Waals surface area contributed by atoms with Crippen molar-refractivity contribution in [2.45, 2.75) is 6.92 Å². The molecule has 0 N–H and O–H groups in total. The molecular weight excluding hydrogens is 390 g/mol. The van der Waals surface area contributed by atoms with Gasteiger partial charge in [-0.1, -0.05) is 42.0 Å². The molecular formula is C23H18BNY-. The van der Waals surface area contributed by atoms with Crippen LogP contribution in [-0.2, 0) is 39.8 Å². The quantitative estimate of drug-likeness (QED) is 0.261. The molecule has 0 atom stereocenters. The van der Waals surface area contributed by atoms with Crippen LogP contribution in [0.5, 0.6) is 0 Å². The number of hydrogen-bond donors (Lipinski definition) is 0. The maximum Gasteiger partial charge on any atom is 0.136 e. The van der Waals surface area contributed by atoms with E-state index in [9.17, 15) is 0 Å². The first-order valence-electron chi connectivity index (χ1n) is 8.12. The molecule has 0 bridgehead atoms. The largest absolute Gasteiger partial charge is 0.227 e. The van der Waals surface area contributed by atoms with Crippen molar-refractivity contribution in [3.63, 3.8) is 0 Å². The van der Waals surface area contributed by atoms with Crippen LogP contribution in [0.3, 0.4) is 0 Å². The Morgan fingerprint density at radius 1 is 0.846 bits per heavy atom. The predicted molar refractivity (Wildman–Crippen MR) is 104 cm³/mol. The van der Waals surface area contributed by atoms with Crippen molar-refractivity contribution in [2.24, 2.45) is 7.05 Å². The summed E-state index contributed by atoms with van der Waals surface area (Å²) in [5.41, 5.74) is 5.73. The van der Waals surface area contributed by atoms with Gasteiger partial charge < -0.3 is 0 Å². The number of hydrogen-bond acceptors (Lipinski definition) is 0. The Balaban J connectivity index is 0.00000121. The van der Waals surface area contributed by atoms with Crippen LogP contribution in [0.1, 0.15) is 5.56 Å². The van der Waals surface area contributed by atoms with Crippen molar-refractivity contribution in [3.05, 3.63) is 90.6 Å². The Bertz CT molecular complexity index is 1030. The second-order valence-electron chi connectivity index (χ2n) is 6.05. The number of aryl methyl sites for hydroxylation is 2. The molecule has 1 nitrogen and oxygen atoms in total. The molecule has 3 aromatic carbocycles. The van der Waals surface area contributed by atoms with E-state index in [0.717, 1.165) is 16.8 Å². The van der Waals surface area contributed by atoms with Gasteiger partial charge in [-0.3, -0.25) is 0 Å². The first-order chi connectivity index (χ1) is 11.7. The van der Waals surface area contributed by atoms with E-state index in [2.05, 4.69) is 85.4 Å². The van der Waals surface area contributed by atoms with Crippen LogP contribution in [0, 0.1) is 19.1 Å². The zero-order valence-electron chi connectivity index (χ0n) is 15.0. The molecule has 4 rings (SSSR count). The predicted octanol–water partition coefficient (Wildman–Crippen LogP) is 4.52. The molecule has 0 spiro atoms. The third-order valence-corrected chi connectivity index (χ3v) is 4.52. The van der Waals surface area contributed by atoms with Crippen LogP contribution in [0.25, 0.3) is 33.2 Å². The molecule has 4 aromatic rings. The number of pyridine rings is 1. The molecule has 3 heteroatoms. The van der Waals surface area contributed by atoms with Crippen molar-refractivity contribution in [1.29, 1.82) is 0 Å². The summed E-state index contributed by atoms with van der Waals surface area (Å²) in [7, 11) is 2.07. The molecule has 0 aliphatic carbocycles. The molecule has 0 aliphatic heterocycles. The number of nitrogens with zero attached hydrogens (tertiary/aromatic N) is 1. The van der Waals surface area contributed by atoms with Gasteiger partial charge in [-0.2, -0.15) is 24.3 Å². The van der Waals surface area contributed by atoms with E-state index in [1.54, 1.807) is 0 Å². The Labute approximate surface area is 182 Å². The van der Waals surface area contributed by atoms with Gasteiger partial charge in [0.15, 0.2) is 0 Å². The molecule has 0 amide bonds. The third kappa shape index (κ3) is 3.82. The fraction of sp³-hybridized carbons (Fsp3) is 0.0870. The van der Waals surface area contributed by atoms with E-state index in [4.69, 9.17) is 0 Å². The summed E-state index contributed by atoms with van der Waals surface area (Å²) >= 11 is 0. The van der Waals surface area contributed by atoms with Gasteiger partial charge in [0.1, 0.15) is 18.9 Å². The summed E-state index contributed by atoms with van der Waals surface area (Å²) in [5.74, 6) is 0. The molecule has 26 heavy (non-hydrogen) atoms. The van der Waals surface area contributed by atoms with Crippen molar-refractivity contribution >= 4 is 19.2 Å².